The zero-order valence-electron chi connectivity index (χ0n) is 16.4. The standard InChI is InChI=1S/C25H25N3.ClH/c1-2-10-20(11-3-1)22-17-28(15-7-9-19-8-6-14-26-16-19)18-23-21-12-4-5-13-24(21)27-25(22)23;/h1-6,8,10-14,16,22,27H,7,9,15,17-18H2;1H. The van der Waals surface area contributed by atoms with E-state index >= 15 is 0 Å². The molecule has 5 rings (SSSR count). The number of aromatic amines is 1. The van der Waals surface area contributed by atoms with Crippen LogP contribution in [0, 0.1) is 0 Å². The minimum absolute atomic E-state index is 0. The number of aromatic nitrogens is 2. The number of halogens is 1. The summed E-state index contributed by atoms with van der Waals surface area (Å²) in [5.41, 5.74) is 6.85. The van der Waals surface area contributed by atoms with Gasteiger partial charge in [-0.3, -0.25) is 9.88 Å². The van der Waals surface area contributed by atoms with Crippen molar-refractivity contribution in [2.24, 2.45) is 0 Å². The van der Waals surface area contributed by atoms with Crippen LogP contribution in [-0.4, -0.2) is 28.0 Å². The van der Waals surface area contributed by atoms with E-state index in [4.69, 9.17) is 0 Å². The van der Waals surface area contributed by atoms with Gasteiger partial charge in [0.1, 0.15) is 0 Å². The molecule has 2 aromatic heterocycles. The van der Waals surface area contributed by atoms with Gasteiger partial charge in [-0.25, -0.2) is 0 Å². The summed E-state index contributed by atoms with van der Waals surface area (Å²) in [4.78, 5) is 10.6. The van der Waals surface area contributed by atoms with Crippen molar-refractivity contribution >= 4 is 23.3 Å². The van der Waals surface area contributed by atoms with Gasteiger partial charge in [-0.1, -0.05) is 54.6 Å². The summed E-state index contributed by atoms with van der Waals surface area (Å²) in [6.45, 7) is 3.20. The molecule has 0 saturated heterocycles. The number of nitrogens with one attached hydrogen (secondary N) is 1. The van der Waals surface area contributed by atoms with Crippen LogP contribution in [0.3, 0.4) is 0 Å². The van der Waals surface area contributed by atoms with Crippen molar-refractivity contribution in [3.63, 3.8) is 0 Å². The smallest absolute Gasteiger partial charge is 0.0459 e. The highest BCUT2D eigenvalue weighted by Crippen LogP contribution is 2.37. The van der Waals surface area contributed by atoms with Crippen molar-refractivity contribution in [1.82, 2.24) is 14.9 Å². The largest absolute Gasteiger partial charge is 0.358 e. The van der Waals surface area contributed by atoms with Crippen LogP contribution >= 0.6 is 12.4 Å². The first-order chi connectivity index (χ1) is 13.9. The Kier molecular flexibility index (Phi) is 5.98. The average molecular weight is 404 g/mol. The molecule has 1 N–H and O–H groups in total. The first-order valence-electron chi connectivity index (χ1n) is 10.1. The van der Waals surface area contributed by atoms with Gasteiger partial charge in [0, 0.05) is 48.0 Å². The van der Waals surface area contributed by atoms with Crippen LogP contribution in [0.25, 0.3) is 10.9 Å². The summed E-state index contributed by atoms with van der Waals surface area (Å²) in [6.07, 6.45) is 6.07. The lowest BCUT2D eigenvalue weighted by molar-refractivity contribution is 0.237. The highest BCUT2D eigenvalue weighted by Gasteiger charge is 2.29. The number of nitrogens with zero attached hydrogens (tertiary/aromatic N) is 2. The van der Waals surface area contributed by atoms with Crippen LogP contribution in [0.1, 0.15) is 34.7 Å². The first-order valence-corrected chi connectivity index (χ1v) is 10.1. The number of rotatable bonds is 5. The number of aryl methyl sites for hydroxylation is 1. The quantitative estimate of drug-likeness (QED) is 0.472. The van der Waals surface area contributed by atoms with Gasteiger partial charge in [-0.2, -0.15) is 0 Å². The zero-order chi connectivity index (χ0) is 18.8. The van der Waals surface area contributed by atoms with E-state index in [1.165, 1.54) is 33.3 Å². The van der Waals surface area contributed by atoms with Crippen molar-refractivity contribution in [3.8, 4) is 0 Å². The molecule has 0 saturated carbocycles. The lowest BCUT2D eigenvalue weighted by Crippen LogP contribution is -2.34. The molecule has 1 aliphatic rings. The van der Waals surface area contributed by atoms with Gasteiger partial charge in [0.2, 0.25) is 0 Å². The van der Waals surface area contributed by atoms with E-state index in [1.807, 2.05) is 18.5 Å². The Bertz CT molecular complexity index is 1060. The number of hydrogen-bond donors (Lipinski definition) is 1. The fourth-order valence-electron chi connectivity index (χ4n) is 4.51. The molecule has 1 atom stereocenters. The summed E-state index contributed by atoms with van der Waals surface area (Å²) in [5.74, 6) is 0.399. The maximum Gasteiger partial charge on any atom is 0.0459 e. The van der Waals surface area contributed by atoms with Gasteiger partial charge in [0.15, 0.2) is 0 Å². The SMILES string of the molecule is Cl.c1ccc(C2CN(CCCc3cccnc3)Cc3c2[nH]c2ccccc32)cc1. The third-order valence-electron chi connectivity index (χ3n) is 5.88. The van der Waals surface area contributed by atoms with Gasteiger partial charge in [0.05, 0.1) is 0 Å². The van der Waals surface area contributed by atoms with Crippen LogP contribution in [0.4, 0.5) is 0 Å². The Morgan fingerprint density at radius 3 is 2.62 bits per heavy atom. The Hall–Kier alpha value is -2.62. The van der Waals surface area contributed by atoms with Gasteiger partial charge < -0.3 is 4.98 Å². The van der Waals surface area contributed by atoms with E-state index in [9.17, 15) is 0 Å². The number of pyridine rings is 1. The molecular weight excluding hydrogens is 378 g/mol. The van der Waals surface area contributed by atoms with Gasteiger partial charge in [0.25, 0.3) is 0 Å². The fraction of sp³-hybridized carbons (Fsp3) is 0.240. The summed E-state index contributed by atoms with van der Waals surface area (Å²) in [7, 11) is 0. The zero-order valence-corrected chi connectivity index (χ0v) is 17.2. The normalized spacial score (nSPS) is 16.3. The number of para-hydroxylation sites is 1. The molecule has 1 unspecified atom stereocenters. The Morgan fingerprint density at radius 2 is 1.79 bits per heavy atom. The van der Waals surface area contributed by atoms with Crippen LogP contribution in [0.15, 0.2) is 79.1 Å². The minimum atomic E-state index is 0. The molecule has 0 amide bonds. The molecule has 4 heteroatoms. The van der Waals surface area contributed by atoms with Crippen molar-refractivity contribution in [2.45, 2.75) is 25.3 Å². The molecule has 148 valence electrons. The summed E-state index contributed by atoms with van der Waals surface area (Å²) in [6, 6.07) is 23.9. The van der Waals surface area contributed by atoms with Gasteiger partial charge in [-0.05, 0) is 48.2 Å². The van der Waals surface area contributed by atoms with E-state index in [1.54, 1.807) is 0 Å². The second-order valence-corrected chi connectivity index (χ2v) is 7.73. The topological polar surface area (TPSA) is 31.9 Å². The first kappa shape index (κ1) is 19.7. The molecular formula is C25H26ClN3. The molecule has 1 aliphatic heterocycles. The highest BCUT2D eigenvalue weighted by molar-refractivity contribution is 5.85. The monoisotopic (exact) mass is 403 g/mol. The molecule has 0 spiro atoms. The average Bonchev–Trinajstić information content (AvgIpc) is 3.13. The molecule has 4 aromatic rings. The summed E-state index contributed by atoms with van der Waals surface area (Å²) in [5, 5.41) is 1.37. The third-order valence-corrected chi connectivity index (χ3v) is 5.88. The van der Waals surface area contributed by atoms with Gasteiger partial charge in [-0.15, -0.1) is 12.4 Å². The Morgan fingerprint density at radius 1 is 0.966 bits per heavy atom. The number of fused-ring (bicyclic) bond motifs is 3. The number of hydrogen-bond acceptors (Lipinski definition) is 2. The maximum atomic E-state index is 4.24. The van der Waals surface area contributed by atoms with Gasteiger partial charge >= 0.3 is 0 Å². The second-order valence-electron chi connectivity index (χ2n) is 7.73. The molecule has 3 heterocycles. The van der Waals surface area contributed by atoms with E-state index < -0.39 is 0 Å². The molecule has 2 aromatic carbocycles. The van der Waals surface area contributed by atoms with E-state index in [2.05, 4.69) is 75.5 Å². The van der Waals surface area contributed by atoms with E-state index in [-0.39, 0.29) is 12.4 Å². The lowest BCUT2D eigenvalue weighted by atomic mass is 9.88. The second kappa shape index (κ2) is 8.81. The van der Waals surface area contributed by atoms with Crippen molar-refractivity contribution in [2.75, 3.05) is 13.1 Å². The lowest BCUT2D eigenvalue weighted by Gasteiger charge is -2.33. The van der Waals surface area contributed by atoms with Crippen LogP contribution < -0.4 is 0 Å². The summed E-state index contributed by atoms with van der Waals surface area (Å²) < 4.78 is 0. The molecule has 3 nitrogen and oxygen atoms in total. The van der Waals surface area contributed by atoms with Crippen LogP contribution in [0.2, 0.25) is 0 Å². The molecule has 0 aliphatic carbocycles. The van der Waals surface area contributed by atoms with E-state index in [0.29, 0.717) is 5.92 Å². The Labute approximate surface area is 178 Å². The summed E-state index contributed by atoms with van der Waals surface area (Å²) >= 11 is 0. The predicted octanol–water partition coefficient (Wildman–Crippen LogP) is 5.57. The minimum Gasteiger partial charge on any atom is -0.358 e. The highest BCUT2D eigenvalue weighted by atomic mass is 35.5. The number of H-pyrrole nitrogens is 1. The molecule has 29 heavy (non-hydrogen) atoms. The molecule has 0 bridgehead atoms. The third kappa shape index (κ3) is 4.07. The maximum absolute atomic E-state index is 4.24. The van der Waals surface area contributed by atoms with Crippen molar-refractivity contribution in [3.05, 3.63) is 102 Å². The van der Waals surface area contributed by atoms with Crippen LogP contribution in [-0.2, 0) is 13.0 Å². The Balaban J connectivity index is 0.00000205. The number of benzene rings is 2. The van der Waals surface area contributed by atoms with Crippen molar-refractivity contribution in [1.29, 1.82) is 0 Å². The molecule has 0 radical (unpaired) electrons. The predicted molar refractivity (Wildman–Crippen MR) is 122 cm³/mol. The van der Waals surface area contributed by atoms with E-state index in [0.717, 1.165) is 32.5 Å². The van der Waals surface area contributed by atoms with Crippen LogP contribution in [0.5, 0.6) is 0 Å². The molecule has 0 fully saturated rings. The fourth-order valence-corrected chi connectivity index (χ4v) is 4.51. The van der Waals surface area contributed by atoms with Crippen molar-refractivity contribution < 1.29 is 0 Å².